The van der Waals surface area contributed by atoms with Crippen molar-refractivity contribution in [3.05, 3.63) is 26.6 Å². The van der Waals surface area contributed by atoms with Crippen LogP contribution in [0.15, 0.2) is 20.4 Å². The number of aromatic nitrogens is 3. The summed E-state index contributed by atoms with van der Waals surface area (Å²) in [6.45, 7) is 3.37. The molecular weight excluding hydrogens is 320 g/mol. The summed E-state index contributed by atoms with van der Waals surface area (Å²) in [7, 11) is 0. The lowest BCUT2D eigenvalue weighted by atomic mass is 10.4. The first-order valence-corrected chi connectivity index (χ1v) is 7.88. The third-order valence-electron chi connectivity index (χ3n) is 2.28. The van der Waals surface area contributed by atoms with Gasteiger partial charge in [0.05, 0.1) is 10.3 Å². The second-order valence-electron chi connectivity index (χ2n) is 3.39. The van der Waals surface area contributed by atoms with Crippen LogP contribution in [0.1, 0.15) is 18.3 Å². The van der Waals surface area contributed by atoms with Crippen LogP contribution in [-0.4, -0.2) is 14.8 Å². The summed E-state index contributed by atoms with van der Waals surface area (Å²) in [5.41, 5.74) is 6.91. The third-order valence-corrected chi connectivity index (χ3v) is 4.87. The highest BCUT2D eigenvalue weighted by Gasteiger charge is 2.10. The summed E-state index contributed by atoms with van der Waals surface area (Å²) in [6.07, 6.45) is 0. The van der Waals surface area contributed by atoms with Gasteiger partial charge in [-0.1, -0.05) is 11.8 Å². The molecule has 0 fully saturated rings. The Morgan fingerprint density at radius 3 is 2.94 bits per heavy atom. The Morgan fingerprint density at radius 1 is 1.53 bits per heavy atom. The van der Waals surface area contributed by atoms with Gasteiger partial charge in [0.15, 0.2) is 5.16 Å². The second-order valence-corrected chi connectivity index (χ2v) is 6.63. The van der Waals surface area contributed by atoms with Gasteiger partial charge >= 0.3 is 0 Å². The van der Waals surface area contributed by atoms with Crippen molar-refractivity contribution in [2.75, 3.05) is 0 Å². The Hall–Kier alpha value is -0.370. The highest BCUT2D eigenvalue weighted by molar-refractivity contribution is 9.11. The lowest BCUT2D eigenvalue weighted by molar-refractivity contribution is 0.643. The summed E-state index contributed by atoms with van der Waals surface area (Å²) in [4.78, 5) is 0. The molecule has 0 saturated carbocycles. The SMILES string of the molecule is CCn1c(CN)nnc1SCc1csc(Br)c1. The molecule has 0 saturated heterocycles. The van der Waals surface area contributed by atoms with Gasteiger partial charge in [0.25, 0.3) is 0 Å². The van der Waals surface area contributed by atoms with Crippen LogP contribution in [-0.2, 0) is 18.8 Å². The molecule has 0 radical (unpaired) electrons. The predicted molar refractivity (Wildman–Crippen MR) is 75.2 cm³/mol. The smallest absolute Gasteiger partial charge is 0.191 e. The van der Waals surface area contributed by atoms with Crippen LogP contribution < -0.4 is 5.73 Å². The van der Waals surface area contributed by atoms with Crippen molar-refractivity contribution in [1.82, 2.24) is 14.8 Å². The Morgan fingerprint density at radius 2 is 2.35 bits per heavy atom. The van der Waals surface area contributed by atoms with E-state index in [-0.39, 0.29) is 0 Å². The molecule has 0 aliphatic rings. The minimum absolute atomic E-state index is 0.436. The lowest BCUT2D eigenvalue weighted by Gasteiger charge is -2.04. The number of thioether (sulfide) groups is 1. The van der Waals surface area contributed by atoms with Crippen LogP contribution in [0.2, 0.25) is 0 Å². The maximum absolute atomic E-state index is 5.61. The van der Waals surface area contributed by atoms with Crippen molar-refractivity contribution in [2.24, 2.45) is 5.73 Å². The number of nitrogens with two attached hydrogens (primary N) is 1. The molecule has 0 aromatic carbocycles. The van der Waals surface area contributed by atoms with E-state index in [1.54, 1.807) is 23.1 Å². The highest BCUT2D eigenvalue weighted by atomic mass is 79.9. The molecule has 0 aliphatic carbocycles. The predicted octanol–water partition coefficient (Wildman–Crippen LogP) is 2.87. The second kappa shape index (κ2) is 5.99. The molecule has 2 heterocycles. The molecule has 2 rings (SSSR count). The third kappa shape index (κ3) is 3.09. The summed E-state index contributed by atoms with van der Waals surface area (Å²) >= 11 is 6.85. The Bertz CT molecular complexity index is 494. The van der Waals surface area contributed by atoms with E-state index in [1.807, 2.05) is 0 Å². The lowest BCUT2D eigenvalue weighted by Crippen LogP contribution is -2.07. The fourth-order valence-electron chi connectivity index (χ4n) is 1.46. The molecule has 0 bridgehead atoms. The fourth-order valence-corrected chi connectivity index (χ4v) is 3.73. The first-order chi connectivity index (χ1) is 8.24. The molecule has 0 unspecified atom stereocenters. The van der Waals surface area contributed by atoms with Gasteiger partial charge < -0.3 is 10.3 Å². The summed E-state index contributed by atoms with van der Waals surface area (Å²) in [5.74, 6) is 1.76. The topological polar surface area (TPSA) is 56.7 Å². The number of hydrogen-bond acceptors (Lipinski definition) is 5. The van der Waals surface area contributed by atoms with E-state index < -0.39 is 0 Å². The molecule has 0 atom stereocenters. The molecule has 17 heavy (non-hydrogen) atoms. The number of thiophene rings is 1. The van der Waals surface area contributed by atoms with E-state index in [0.717, 1.165) is 27.1 Å². The van der Waals surface area contributed by atoms with E-state index in [0.29, 0.717) is 6.54 Å². The molecule has 2 N–H and O–H groups in total. The molecule has 2 aromatic rings. The van der Waals surface area contributed by atoms with E-state index in [9.17, 15) is 0 Å². The number of halogens is 1. The maximum atomic E-state index is 5.61. The van der Waals surface area contributed by atoms with Gasteiger partial charge in [0, 0.05) is 12.3 Å². The number of nitrogens with zero attached hydrogens (tertiary/aromatic N) is 3. The molecule has 7 heteroatoms. The maximum Gasteiger partial charge on any atom is 0.191 e. The Labute approximate surface area is 117 Å². The van der Waals surface area contributed by atoms with E-state index in [1.165, 1.54) is 5.56 Å². The monoisotopic (exact) mass is 332 g/mol. The first-order valence-electron chi connectivity index (χ1n) is 5.22. The van der Waals surface area contributed by atoms with Gasteiger partial charge in [0.2, 0.25) is 0 Å². The van der Waals surface area contributed by atoms with Crippen LogP contribution in [0.25, 0.3) is 0 Å². The molecule has 0 aliphatic heterocycles. The average molecular weight is 333 g/mol. The molecule has 0 spiro atoms. The van der Waals surface area contributed by atoms with Crippen LogP contribution >= 0.6 is 39.0 Å². The normalized spacial score (nSPS) is 11.0. The number of hydrogen-bond donors (Lipinski definition) is 1. The zero-order valence-corrected chi connectivity index (χ0v) is 12.6. The minimum atomic E-state index is 0.436. The van der Waals surface area contributed by atoms with E-state index in [2.05, 4.69) is 49.1 Å². The van der Waals surface area contributed by atoms with Gasteiger partial charge in [-0.2, -0.15) is 0 Å². The Kier molecular flexibility index (Phi) is 4.61. The first kappa shape index (κ1) is 13.1. The van der Waals surface area contributed by atoms with Gasteiger partial charge in [-0.15, -0.1) is 21.5 Å². The Balaban J connectivity index is 2.06. The van der Waals surface area contributed by atoms with Gasteiger partial charge in [-0.05, 0) is 39.9 Å². The zero-order chi connectivity index (χ0) is 12.3. The zero-order valence-electron chi connectivity index (χ0n) is 9.39. The van der Waals surface area contributed by atoms with Gasteiger partial charge in [-0.25, -0.2) is 0 Å². The van der Waals surface area contributed by atoms with Crippen LogP contribution in [0, 0.1) is 0 Å². The van der Waals surface area contributed by atoms with Crippen LogP contribution in [0.3, 0.4) is 0 Å². The van der Waals surface area contributed by atoms with Crippen molar-refractivity contribution in [1.29, 1.82) is 0 Å². The van der Waals surface area contributed by atoms with Gasteiger partial charge in [-0.3, -0.25) is 0 Å². The summed E-state index contributed by atoms with van der Waals surface area (Å²) in [5, 5.41) is 11.3. The standard InChI is InChI=1S/C10H13BrN4S2/c1-2-15-9(4-12)13-14-10(15)17-6-7-3-8(11)16-5-7/h3,5H,2,4,6,12H2,1H3. The molecular formula is C10H13BrN4S2. The van der Waals surface area contributed by atoms with Crippen LogP contribution in [0.5, 0.6) is 0 Å². The van der Waals surface area contributed by atoms with Gasteiger partial charge in [0.1, 0.15) is 5.82 Å². The van der Waals surface area contributed by atoms with Crippen molar-refractivity contribution in [2.45, 2.75) is 30.9 Å². The molecule has 2 aromatic heterocycles. The van der Waals surface area contributed by atoms with Crippen LogP contribution in [0.4, 0.5) is 0 Å². The largest absolute Gasteiger partial charge is 0.324 e. The fraction of sp³-hybridized carbons (Fsp3) is 0.400. The molecule has 92 valence electrons. The highest BCUT2D eigenvalue weighted by Crippen LogP contribution is 2.27. The number of rotatable bonds is 5. The van der Waals surface area contributed by atoms with E-state index >= 15 is 0 Å². The summed E-state index contributed by atoms with van der Waals surface area (Å²) < 4.78 is 3.22. The average Bonchev–Trinajstić information content (AvgIpc) is 2.91. The van der Waals surface area contributed by atoms with Crippen molar-refractivity contribution >= 4 is 39.0 Å². The van der Waals surface area contributed by atoms with E-state index in [4.69, 9.17) is 5.73 Å². The minimum Gasteiger partial charge on any atom is -0.324 e. The van der Waals surface area contributed by atoms with Crippen molar-refractivity contribution in [3.8, 4) is 0 Å². The summed E-state index contributed by atoms with van der Waals surface area (Å²) in [6, 6.07) is 2.13. The molecule has 4 nitrogen and oxygen atoms in total. The van der Waals surface area contributed by atoms with Crippen molar-refractivity contribution < 1.29 is 0 Å². The van der Waals surface area contributed by atoms with Crippen molar-refractivity contribution in [3.63, 3.8) is 0 Å². The molecule has 0 amide bonds. The quantitative estimate of drug-likeness (QED) is 0.855.